The van der Waals surface area contributed by atoms with E-state index < -0.39 is 66.4 Å². The Hall–Kier alpha value is -2.37. The van der Waals surface area contributed by atoms with Gasteiger partial charge in [-0.2, -0.15) is 0 Å². The molecule has 0 saturated carbocycles. The van der Waals surface area contributed by atoms with Crippen LogP contribution in [0, 0.1) is 0 Å². The summed E-state index contributed by atoms with van der Waals surface area (Å²) in [7, 11) is 0. The minimum Gasteiger partial charge on any atom is -0.481 e. The fraction of sp³-hybridized carbons (Fsp3) is 0.545. The number of aliphatic carboxylic acids is 3. The van der Waals surface area contributed by atoms with Gasteiger partial charge in [0.15, 0.2) is 11.6 Å². The summed E-state index contributed by atoms with van der Waals surface area (Å²) in [4.78, 5) is 56.0. The number of carbonyl (C=O) groups is 5. The van der Waals surface area contributed by atoms with E-state index in [1.165, 1.54) is 0 Å². The Morgan fingerprint density at radius 1 is 0.864 bits per heavy atom. The summed E-state index contributed by atoms with van der Waals surface area (Å²) in [6, 6.07) is -3.45. The van der Waals surface area contributed by atoms with Gasteiger partial charge in [0.1, 0.15) is 0 Å². The molecule has 0 saturated heterocycles. The molecule has 11 heteroatoms. The first kappa shape index (κ1) is 19.6. The molecule has 124 valence electrons. The maximum absolute atomic E-state index is 12.0. The van der Waals surface area contributed by atoms with Crippen LogP contribution >= 0.6 is 0 Å². The number of rotatable bonds is 10. The summed E-state index contributed by atoms with van der Waals surface area (Å²) in [5.41, 5.74) is 12.8. The molecule has 0 spiro atoms. The average Bonchev–Trinajstić information content (AvgIpc) is 2.40. The topological polar surface area (TPSA) is 224 Å². The van der Waals surface area contributed by atoms with Crippen molar-refractivity contribution in [3.63, 3.8) is 0 Å². The van der Waals surface area contributed by atoms with Crippen LogP contribution in [0.5, 0.6) is 0 Å². The highest BCUT2D eigenvalue weighted by atomic mass is 16.4. The standard InChI is InChI=1S/C11H17N3O8/c12-4(1-2-6(15)16)8(19)11(14,10(21)22)9(20)5(13)3-7(17)18/h4-5H,1-3,12-14H2,(H,15,16)(H,17,18)(H,21,22). The Morgan fingerprint density at radius 3 is 1.68 bits per heavy atom. The molecule has 0 heterocycles. The second-order valence-electron chi connectivity index (χ2n) is 4.58. The second-order valence-corrected chi connectivity index (χ2v) is 4.58. The van der Waals surface area contributed by atoms with E-state index in [-0.39, 0.29) is 0 Å². The first-order valence-electron chi connectivity index (χ1n) is 6.00. The predicted molar refractivity (Wildman–Crippen MR) is 69.6 cm³/mol. The Morgan fingerprint density at radius 2 is 1.32 bits per heavy atom. The van der Waals surface area contributed by atoms with Gasteiger partial charge in [-0.3, -0.25) is 19.2 Å². The summed E-state index contributed by atoms with van der Waals surface area (Å²) in [6.07, 6.45) is -1.91. The molecule has 0 aromatic carbocycles. The van der Waals surface area contributed by atoms with E-state index in [1.54, 1.807) is 0 Å². The van der Waals surface area contributed by atoms with Crippen molar-refractivity contribution in [2.24, 2.45) is 17.2 Å². The minimum absolute atomic E-state index is 0.443. The van der Waals surface area contributed by atoms with Gasteiger partial charge in [-0.25, -0.2) is 4.79 Å². The summed E-state index contributed by atoms with van der Waals surface area (Å²) in [6.45, 7) is 0. The van der Waals surface area contributed by atoms with Gasteiger partial charge >= 0.3 is 17.9 Å². The molecule has 3 atom stereocenters. The fourth-order valence-electron chi connectivity index (χ4n) is 1.61. The normalized spacial score (nSPS) is 16.1. The van der Waals surface area contributed by atoms with E-state index in [0.717, 1.165) is 0 Å². The number of carboxylic acids is 3. The summed E-state index contributed by atoms with van der Waals surface area (Å²) < 4.78 is 0. The second kappa shape index (κ2) is 7.59. The average molecular weight is 319 g/mol. The Labute approximate surface area is 124 Å². The maximum Gasteiger partial charge on any atom is 0.339 e. The third kappa shape index (κ3) is 4.58. The SMILES string of the molecule is NC(CCC(=O)O)C(=O)C(N)(C(=O)O)C(=O)C(N)CC(=O)O. The molecule has 0 aromatic heterocycles. The van der Waals surface area contributed by atoms with E-state index in [2.05, 4.69) is 0 Å². The van der Waals surface area contributed by atoms with Crippen LogP contribution < -0.4 is 17.2 Å². The number of hydrogen-bond donors (Lipinski definition) is 6. The molecular formula is C11H17N3O8. The predicted octanol–water partition coefficient (Wildman–Crippen LogP) is -3.10. The number of ketones is 2. The first-order valence-corrected chi connectivity index (χ1v) is 6.00. The van der Waals surface area contributed by atoms with Gasteiger partial charge in [0.05, 0.1) is 18.5 Å². The zero-order valence-corrected chi connectivity index (χ0v) is 11.4. The molecule has 0 bridgehead atoms. The van der Waals surface area contributed by atoms with Crippen molar-refractivity contribution in [2.75, 3.05) is 0 Å². The van der Waals surface area contributed by atoms with Gasteiger partial charge < -0.3 is 32.5 Å². The van der Waals surface area contributed by atoms with Gasteiger partial charge in [-0.1, -0.05) is 0 Å². The first-order chi connectivity index (χ1) is 9.94. The monoisotopic (exact) mass is 319 g/mol. The van der Waals surface area contributed by atoms with Crippen LogP contribution in [0.3, 0.4) is 0 Å². The van der Waals surface area contributed by atoms with E-state index in [1.807, 2.05) is 0 Å². The van der Waals surface area contributed by atoms with Crippen molar-refractivity contribution >= 4 is 29.5 Å². The summed E-state index contributed by atoms with van der Waals surface area (Å²) in [5, 5.41) is 26.1. The molecular weight excluding hydrogens is 302 g/mol. The molecule has 0 amide bonds. The Kier molecular flexibility index (Phi) is 6.77. The largest absolute Gasteiger partial charge is 0.481 e. The molecule has 0 rings (SSSR count). The lowest BCUT2D eigenvalue weighted by Gasteiger charge is -2.26. The highest BCUT2D eigenvalue weighted by Gasteiger charge is 2.52. The van der Waals surface area contributed by atoms with Gasteiger partial charge in [-0.05, 0) is 6.42 Å². The van der Waals surface area contributed by atoms with E-state index in [0.29, 0.717) is 0 Å². The van der Waals surface area contributed by atoms with Gasteiger partial charge in [0, 0.05) is 6.42 Å². The van der Waals surface area contributed by atoms with Gasteiger partial charge in [0.25, 0.3) is 0 Å². The Balaban J connectivity index is 5.36. The van der Waals surface area contributed by atoms with Crippen LogP contribution in [-0.2, 0) is 24.0 Å². The van der Waals surface area contributed by atoms with Crippen LogP contribution in [-0.4, -0.2) is 62.4 Å². The lowest BCUT2D eigenvalue weighted by molar-refractivity contribution is -0.154. The summed E-state index contributed by atoms with van der Waals surface area (Å²) >= 11 is 0. The molecule has 0 fully saturated rings. The number of carbonyl (C=O) groups excluding carboxylic acids is 2. The third-order valence-electron chi connectivity index (χ3n) is 2.85. The Bertz CT molecular complexity index is 506. The van der Waals surface area contributed by atoms with Crippen molar-refractivity contribution in [3.8, 4) is 0 Å². The number of Topliss-reactive ketones (excluding diaryl/α,β-unsaturated/α-hetero) is 2. The van der Waals surface area contributed by atoms with Crippen molar-refractivity contribution in [2.45, 2.75) is 36.9 Å². The third-order valence-corrected chi connectivity index (χ3v) is 2.85. The number of nitrogens with two attached hydrogens (primary N) is 3. The van der Waals surface area contributed by atoms with Crippen LogP contribution in [0.2, 0.25) is 0 Å². The molecule has 0 aliphatic heterocycles. The molecule has 0 aliphatic rings. The fourth-order valence-corrected chi connectivity index (χ4v) is 1.61. The van der Waals surface area contributed by atoms with Crippen molar-refractivity contribution in [1.82, 2.24) is 0 Å². The molecule has 0 radical (unpaired) electrons. The van der Waals surface area contributed by atoms with Crippen LogP contribution in [0.15, 0.2) is 0 Å². The smallest absolute Gasteiger partial charge is 0.339 e. The molecule has 0 aromatic rings. The van der Waals surface area contributed by atoms with Crippen LogP contribution in [0.4, 0.5) is 0 Å². The van der Waals surface area contributed by atoms with Gasteiger partial charge in [-0.15, -0.1) is 0 Å². The van der Waals surface area contributed by atoms with Crippen LogP contribution in [0.25, 0.3) is 0 Å². The van der Waals surface area contributed by atoms with Crippen LogP contribution in [0.1, 0.15) is 19.3 Å². The van der Waals surface area contributed by atoms with E-state index in [9.17, 15) is 24.0 Å². The molecule has 0 aliphatic carbocycles. The lowest BCUT2D eigenvalue weighted by Crippen LogP contribution is -2.68. The molecule has 3 unspecified atom stereocenters. The zero-order valence-electron chi connectivity index (χ0n) is 11.4. The molecule has 9 N–H and O–H groups in total. The number of hydrogen-bond acceptors (Lipinski definition) is 8. The minimum atomic E-state index is -3.13. The quantitative estimate of drug-likeness (QED) is 0.221. The van der Waals surface area contributed by atoms with Crippen molar-refractivity contribution in [3.05, 3.63) is 0 Å². The van der Waals surface area contributed by atoms with E-state index in [4.69, 9.17) is 32.5 Å². The zero-order chi connectivity index (χ0) is 17.7. The van der Waals surface area contributed by atoms with Gasteiger partial charge in [0.2, 0.25) is 5.54 Å². The molecule has 22 heavy (non-hydrogen) atoms. The van der Waals surface area contributed by atoms with Crippen molar-refractivity contribution < 1.29 is 39.3 Å². The van der Waals surface area contributed by atoms with Crippen molar-refractivity contribution in [1.29, 1.82) is 0 Å². The highest BCUT2D eigenvalue weighted by molar-refractivity contribution is 6.29. The molecule has 11 nitrogen and oxygen atoms in total. The highest BCUT2D eigenvalue weighted by Crippen LogP contribution is 2.13. The number of carboxylic acid groups (broad SMARTS) is 3. The lowest BCUT2D eigenvalue weighted by atomic mass is 9.81. The van der Waals surface area contributed by atoms with E-state index >= 15 is 0 Å². The maximum atomic E-state index is 12.0. The summed E-state index contributed by atoms with van der Waals surface area (Å²) in [5.74, 6) is -7.77.